The summed E-state index contributed by atoms with van der Waals surface area (Å²) in [4.78, 5) is 35.9. The topological polar surface area (TPSA) is 82.4 Å². The quantitative estimate of drug-likeness (QED) is 0.150. The van der Waals surface area contributed by atoms with Crippen molar-refractivity contribution >= 4 is 45.7 Å². The predicted molar refractivity (Wildman–Crippen MR) is 196 cm³/mol. The van der Waals surface area contributed by atoms with Crippen molar-refractivity contribution in [2.24, 2.45) is 4.99 Å². The van der Waals surface area contributed by atoms with Crippen LogP contribution >= 0.6 is 22.9 Å². The van der Waals surface area contributed by atoms with Crippen LogP contribution in [0.1, 0.15) is 50.4 Å². The minimum absolute atomic E-state index is 0.158. The Kier molecular flexibility index (Phi) is 10.2. The summed E-state index contributed by atoms with van der Waals surface area (Å²) in [6.45, 7) is 9.41. The van der Waals surface area contributed by atoms with Crippen molar-refractivity contribution in [2.75, 3.05) is 26.8 Å². The second-order valence-corrected chi connectivity index (χ2v) is 12.9. The van der Waals surface area contributed by atoms with Gasteiger partial charge in [-0.3, -0.25) is 14.2 Å². The summed E-state index contributed by atoms with van der Waals surface area (Å²) < 4.78 is 20.1. The van der Waals surface area contributed by atoms with Gasteiger partial charge < -0.3 is 19.1 Å². The Morgan fingerprint density at radius 2 is 1.69 bits per heavy atom. The minimum Gasteiger partial charge on any atom is -0.496 e. The molecule has 0 spiro atoms. The highest BCUT2D eigenvalue weighted by Crippen LogP contribution is 2.40. The Morgan fingerprint density at radius 3 is 2.43 bits per heavy atom. The molecule has 1 amide bonds. The van der Waals surface area contributed by atoms with Crippen molar-refractivity contribution in [3.63, 3.8) is 0 Å². The first kappa shape index (κ1) is 34.0. The molecule has 252 valence electrons. The van der Waals surface area contributed by atoms with Crippen LogP contribution in [0.3, 0.4) is 0 Å². The first-order valence-corrected chi connectivity index (χ1v) is 17.5. The zero-order valence-corrected chi connectivity index (χ0v) is 29.7. The van der Waals surface area contributed by atoms with Crippen molar-refractivity contribution in [3.05, 3.63) is 132 Å². The summed E-state index contributed by atoms with van der Waals surface area (Å²) in [7, 11) is 1.61. The van der Waals surface area contributed by atoms with Gasteiger partial charge in [0.1, 0.15) is 18.4 Å². The monoisotopic (exact) mass is 695 g/mol. The molecule has 0 unspecified atom stereocenters. The largest absolute Gasteiger partial charge is 0.496 e. The van der Waals surface area contributed by atoms with Crippen LogP contribution < -0.4 is 29.1 Å². The molecule has 4 aromatic carbocycles. The molecular formula is C39H38ClN3O5S. The van der Waals surface area contributed by atoms with Crippen LogP contribution in [0.25, 0.3) is 16.8 Å². The van der Waals surface area contributed by atoms with Gasteiger partial charge in [0.05, 0.1) is 29.5 Å². The first-order chi connectivity index (χ1) is 23.8. The number of thiazole rings is 1. The number of hydrogen-bond donors (Lipinski definition) is 0. The Bertz CT molecular complexity index is 2250. The molecule has 5 aromatic rings. The second-order valence-electron chi connectivity index (χ2n) is 11.5. The number of carbonyl (C=O) groups is 1. The van der Waals surface area contributed by atoms with Crippen LogP contribution in [0.5, 0.6) is 17.2 Å². The lowest BCUT2D eigenvalue weighted by Gasteiger charge is -2.30. The molecule has 0 saturated heterocycles. The molecule has 2 heterocycles. The van der Waals surface area contributed by atoms with Gasteiger partial charge in [0.2, 0.25) is 0 Å². The van der Waals surface area contributed by atoms with E-state index in [-0.39, 0.29) is 18.1 Å². The van der Waals surface area contributed by atoms with Crippen molar-refractivity contribution in [2.45, 2.75) is 40.3 Å². The Balaban J connectivity index is 1.50. The molecule has 0 saturated carbocycles. The lowest BCUT2D eigenvalue weighted by Crippen LogP contribution is -2.43. The number of fused-ring (bicyclic) bond motifs is 2. The number of benzene rings is 4. The van der Waals surface area contributed by atoms with E-state index < -0.39 is 6.04 Å². The van der Waals surface area contributed by atoms with E-state index in [0.29, 0.717) is 62.6 Å². The van der Waals surface area contributed by atoms with E-state index in [1.165, 1.54) is 11.3 Å². The van der Waals surface area contributed by atoms with Crippen LogP contribution in [0.15, 0.2) is 99.9 Å². The van der Waals surface area contributed by atoms with Crippen LogP contribution in [0.4, 0.5) is 0 Å². The summed E-state index contributed by atoms with van der Waals surface area (Å²) in [5, 5.41) is 2.50. The summed E-state index contributed by atoms with van der Waals surface area (Å²) >= 11 is 7.63. The number of carbonyl (C=O) groups excluding carboxylic acids is 1. The van der Waals surface area contributed by atoms with Crippen LogP contribution in [-0.2, 0) is 11.4 Å². The van der Waals surface area contributed by atoms with Gasteiger partial charge in [0, 0.05) is 29.2 Å². The van der Waals surface area contributed by atoms with Crippen LogP contribution in [0, 0.1) is 0 Å². The highest BCUT2D eigenvalue weighted by Gasteiger charge is 2.36. The normalized spacial score (nSPS) is 14.4. The third-order valence-corrected chi connectivity index (χ3v) is 9.98. The van der Waals surface area contributed by atoms with Gasteiger partial charge in [-0.2, -0.15) is 0 Å². The van der Waals surface area contributed by atoms with Crippen molar-refractivity contribution in [1.29, 1.82) is 0 Å². The number of likely N-dealkylation sites (N-methyl/N-ethyl adjacent to an activating group) is 1. The molecule has 0 fully saturated rings. The molecular weight excluding hydrogens is 658 g/mol. The van der Waals surface area contributed by atoms with Gasteiger partial charge in [0.25, 0.3) is 11.5 Å². The van der Waals surface area contributed by atoms with Gasteiger partial charge in [0.15, 0.2) is 16.3 Å². The standard InChI is InChI=1S/C39H38ClN3O5S/c1-6-42(7-2)38(45)34-24(4)41-39-43(36(34)35-28-15-11-9-13-26(28)18-20-31(35)46-5)37(44)33(49-39)22-25-17-19-30(32(21-25)47-8-3)48-23-27-14-10-12-16-29(27)40/h9-22,36H,6-8,23H2,1-5H3/b33-22+/t36-/m1/s1. The Morgan fingerprint density at radius 1 is 0.959 bits per heavy atom. The molecule has 6 rings (SSSR count). The van der Waals surface area contributed by atoms with Crippen molar-refractivity contribution in [3.8, 4) is 17.2 Å². The zero-order chi connectivity index (χ0) is 34.7. The van der Waals surface area contributed by atoms with Gasteiger partial charge in [-0.15, -0.1) is 0 Å². The molecule has 1 aliphatic heterocycles. The number of halogens is 1. The molecule has 49 heavy (non-hydrogen) atoms. The molecule has 1 atom stereocenters. The fourth-order valence-electron chi connectivity index (χ4n) is 6.21. The van der Waals surface area contributed by atoms with Crippen molar-refractivity contribution < 1.29 is 19.0 Å². The van der Waals surface area contributed by atoms with E-state index in [2.05, 4.69) is 0 Å². The third kappa shape index (κ3) is 6.60. The average molecular weight is 696 g/mol. The maximum atomic E-state index is 14.5. The molecule has 0 aliphatic carbocycles. The SMILES string of the molecule is CCOc1cc(/C=c2/sc3n(c2=O)[C@@H](c2c(OC)ccc4ccccc24)C(C(=O)N(CC)CC)=C(C)N=3)ccc1OCc1ccccc1Cl. The fourth-order valence-corrected chi connectivity index (χ4v) is 7.45. The van der Waals surface area contributed by atoms with Gasteiger partial charge in [-0.1, -0.05) is 77.5 Å². The first-order valence-electron chi connectivity index (χ1n) is 16.3. The van der Waals surface area contributed by atoms with E-state index in [1.807, 2.05) is 113 Å². The molecule has 1 aromatic heterocycles. The van der Waals surface area contributed by atoms with Gasteiger partial charge >= 0.3 is 0 Å². The highest BCUT2D eigenvalue weighted by molar-refractivity contribution is 7.07. The average Bonchev–Trinajstić information content (AvgIpc) is 3.41. The second kappa shape index (κ2) is 14.7. The summed E-state index contributed by atoms with van der Waals surface area (Å²) in [5.41, 5.74) is 3.14. The Labute approximate surface area is 294 Å². The van der Waals surface area contributed by atoms with Crippen LogP contribution in [0.2, 0.25) is 5.02 Å². The molecule has 0 bridgehead atoms. The number of ether oxygens (including phenoxy) is 3. The fraction of sp³-hybridized carbons (Fsp3) is 0.256. The smallest absolute Gasteiger partial charge is 0.271 e. The van der Waals surface area contributed by atoms with E-state index in [1.54, 1.807) is 16.6 Å². The summed E-state index contributed by atoms with van der Waals surface area (Å²) in [5.74, 6) is 1.55. The summed E-state index contributed by atoms with van der Waals surface area (Å²) in [6.07, 6.45) is 1.83. The Hall–Kier alpha value is -4.86. The van der Waals surface area contributed by atoms with E-state index in [4.69, 9.17) is 30.8 Å². The number of allylic oxidation sites excluding steroid dienone is 1. The molecule has 0 radical (unpaired) electrons. The zero-order valence-electron chi connectivity index (χ0n) is 28.2. The number of rotatable bonds is 11. The lowest BCUT2D eigenvalue weighted by atomic mass is 9.90. The van der Waals surface area contributed by atoms with E-state index >= 15 is 0 Å². The number of aromatic nitrogens is 1. The molecule has 8 nitrogen and oxygen atoms in total. The number of hydrogen-bond acceptors (Lipinski definition) is 7. The number of nitrogens with zero attached hydrogens (tertiary/aromatic N) is 3. The maximum Gasteiger partial charge on any atom is 0.271 e. The van der Waals surface area contributed by atoms with Crippen molar-refractivity contribution in [1.82, 2.24) is 9.47 Å². The number of methoxy groups -OCH3 is 1. The maximum absolute atomic E-state index is 14.5. The lowest BCUT2D eigenvalue weighted by molar-refractivity contribution is -0.127. The minimum atomic E-state index is -0.757. The van der Waals surface area contributed by atoms with Crippen LogP contribution in [-0.4, -0.2) is 42.2 Å². The van der Waals surface area contributed by atoms with E-state index in [0.717, 1.165) is 27.5 Å². The summed E-state index contributed by atoms with van der Waals surface area (Å²) in [6, 6.07) is 24.2. The molecule has 0 N–H and O–H groups in total. The highest BCUT2D eigenvalue weighted by atomic mass is 35.5. The molecule has 10 heteroatoms. The van der Waals surface area contributed by atoms with Gasteiger partial charge in [-0.25, -0.2) is 4.99 Å². The van der Waals surface area contributed by atoms with E-state index in [9.17, 15) is 9.59 Å². The molecule has 1 aliphatic rings. The third-order valence-electron chi connectivity index (χ3n) is 8.63. The number of amides is 1. The van der Waals surface area contributed by atoms with Gasteiger partial charge in [-0.05, 0) is 74.4 Å². The predicted octanol–water partition coefficient (Wildman–Crippen LogP) is 6.90.